The van der Waals surface area contributed by atoms with Gasteiger partial charge in [0.15, 0.2) is 5.69 Å². The number of hydrogen-bond acceptors (Lipinski definition) is 5. The molecule has 0 bridgehead atoms. The molecule has 0 spiro atoms. The number of carbonyl (C=O) groups is 1. The average Bonchev–Trinajstić information content (AvgIpc) is 2.55. The minimum Gasteiger partial charge on any atom is -0.477 e. The van der Waals surface area contributed by atoms with Crippen LogP contribution in [0.25, 0.3) is 11.3 Å². The molecule has 3 aromatic rings. The Hall–Kier alpha value is -2.73. The first-order chi connectivity index (χ1) is 11.5. The quantitative estimate of drug-likeness (QED) is 0.418. The predicted molar refractivity (Wildman–Crippen MR) is 77.5 cm³/mol. The molecule has 9 heteroatoms. The van der Waals surface area contributed by atoms with Gasteiger partial charge in [0.1, 0.15) is 11.9 Å². The van der Waals surface area contributed by atoms with Crippen LogP contribution in [0.15, 0.2) is 42.5 Å². The summed E-state index contributed by atoms with van der Waals surface area (Å²) in [6.45, 7) is 0. The zero-order chi connectivity index (χ0) is 17.1. The molecule has 6 nitrogen and oxygen atoms in total. The van der Waals surface area contributed by atoms with Gasteiger partial charge in [0, 0.05) is 27.1 Å². The van der Waals surface area contributed by atoms with Crippen LogP contribution >= 0.6 is 0 Å². The Balaban J connectivity index is 0.00000225. The van der Waals surface area contributed by atoms with E-state index in [-0.39, 0.29) is 49.8 Å². The minimum absolute atomic E-state index is 0. The van der Waals surface area contributed by atoms with Crippen LogP contribution in [0, 0.1) is 18.0 Å². The molecule has 0 aromatic carbocycles. The molecular weight excluding hydrogens is 515 g/mol. The standard InChI is InChI=1S/C16H8F2N3O3.Pt/c17-12-8-7-9(15(18)21-12)10-3-1-5-13(19-10)24-14-6-2-4-11(20-14)16(22)23;/h1-6,8H,(H,22,23);/q-1;. The molecular formula is C16H8F2N3O3Pt-. The van der Waals surface area contributed by atoms with E-state index in [1.54, 1.807) is 0 Å². The third-order valence-corrected chi connectivity index (χ3v) is 2.88. The van der Waals surface area contributed by atoms with E-state index in [1.165, 1.54) is 36.4 Å². The van der Waals surface area contributed by atoms with Crippen LogP contribution in [0.4, 0.5) is 8.78 Å². The van der Waals surface area contributed by atoms with E-state index in [2.05, 4.69) is 21.0 Å². The van der Waals surface area contributed by atoms with E-state index >= 15 is 0 Å². The Kier molecular flexibility index (Phi) is 5.87. The van der Waals surface area contributed by atoms with Crippen LogP contribution in [-0.4, -0.2) is 26.0 Å². The molecule has 130 valence electrons. The summed E-state index contributed by atoms with van der Waals surface area (Å²) in [6, 6.07) is 12.0. The molecule has 0 radical (unpaired) electrons. The number of carboxylic acids is 1. The van der Waals surface area contributed by atoms with Crippen LogP contribution in [0.2, 0.25) is 0 Å². The Morgan fingerprint density at radius 1 is 1.04 bits per heavy atom. The number of ether oxygens (including phenoxy) is 1. The fourth-order valence-corrected chi connectivity index (χ4v) is 1.86. The second kappa shape index (κ2) is 7.89. The van der Waals surface area contributed by atoms with Crippen molar-refractivity contribution in [3.63, 3.8) is 0 Å². The van der Waals surface area contributed by atoms with E-state index < -0.39 is 17.9 Å². The minimum atomic E-state index is -1.20. The molecule has 3 rings (SSSR count). The number of rotatable bonds is 4. The molecule has 0 aliphatic carbocycles. The normalized spacial score (nSPS) is 10.0. The molecule has 0 saturated carbocycles. The molecule has 0 unspecified atom stereocenters. The van der Waals surface area contributed by atoms with Gasteiger partial charge in [0.05, 0.1) is 0 Å². The summed E-state index contributed by atoms with van der Waals surface area (Å²) < 4.78 is 31.9. The first-order valence-electron chi connectivity index (χ1n) is 6.62. The van der Waals surface area contributed by atoms with Crippen LogP contribution in [-0.2, 0) is 21.1 Å². The smallest absolute Gasteiger partial charge is 0.354 e. The van der Waals surface area contributed by atoms with Gasteiger partial charge in [-0.05, 0) is 17.8 Å². The van der Waals surface area contributed by atoms with Crippen LogP contribution in [0.5, 0.6) is 11.8 Å². The molecule has 3 heterocycles. The first kappa shape index (κ1) is 18.6. The van der Waals surface area contributed by atoms with E-state index in [0.29, 0.717) is 0 Å². The molecule has 1 N–H and O–H groups in total. The third-order valence-electron chi connectivity index (χ3n) is 2.88. The number of aromatic nitrogens is 3. The van der Waals surface area contributed by atoms with Gasteiger partial charge in [0.25, 0.3) is 0 Å². The molecule has 0 fully saturated rings. The van der Waals surface area contributed by atoms with Crippen LogP contribution < -0.4 is 4.74 Å². The second-order valence-corrected chi connectivity index (χ2v) is 4.52. The molecule has 3 aromatic heterocycles. The van der Waals surface area contributed by atoms with Gasteiger partial charge in [0.2, 0.25) is 11.8 Å². The van der Waals surface area contributed by atoms with Crippen molar-refractivity contribution in [1.82, 2.24) is 15.0 Å². The predicted octanol–water partition coefficient (Wildman–Crippen LogP) is 3.10. The van der Waals surface area contributed by atoms with E-state index in [9.17, 15) is 13.6 Å². The second-order valence-electron chi connectivity index (χ2n) is 4.52. The van der Waals surface area contributed by atoms with Crippen molar-refractivity contribution in [2.45, 2.75) is 0 Å². The maximum atomic E-state index is 13.7. The first-order valence-corrected chi connectivity index (χ1v) is 6.62. The van der Waals surface area contributed by atoms with Crippen molar-refractivity contribution in [3.05, 3.63) is 66.1 Å². The Morgan fingerprint density at radius 3 is 2.40 bits per heavy atom. The topological polar surface area (TPSA) is 85.2 Å². The molecule has 0 saturated heterocycles. The summed E-state index contributed by atoms with van der Waals surface area (Å²) >= 11 is 0. The number of pyridine rings is 3. The Morgan fingerprint density at radius 2 is 1.72 bits per heavy atom. The Bertz CT molecular complexity index is 925. The monoisotopic (exact) mass is 523 g/mol. The van der Waals surface area contributed by atoms with Crippen molar-refractivity contribution >= 4 is 5.97 Å². The number of halogens is 2. The van der Waals surface area contributed by atoms with Crippen LogP contribution in [0.1, 0.15) is 10.5 Å². The molecule has 25 heavy (non-hydrogen) atoms. The van der Waals surface area contributed by atoms with Crippen molar-refractivity contribution in [3.8, 4) is 23.0 Å². The fraction of sp³-hybridized carbons (Fsp3) is 0. The summed E-state index contributed by atoms with van der Waals surface area (Å²) in [4.78, 5) is 21.8. The van der Waals surface area contributed by atoms with Gasteiger partial charge in [-0.15, -0.1) is 6.07 Å². The van der Waals surface area contributed by atoms with Gasteiger partial charge in [-0.2, -0.15) is 0 Å². The summed E-state index contributed by atoms with van der Waals surface area (Å²) in [5.41, 5.74) is -0.174. The van der Waals surface area contributed by atoms with Gasteiger partial charge in [-0.3, -0.25) is 9.97 Å². The summed E-state index contributed by atoms with van der Waals surface area (Å²) in [5.74, 6) is -3.17. The molecule has 0 aliphatic rings. The van der Waals surface area contributed by atoms with Gasteiger partial charge in [-0.25, -0.2) is 18.6 Å². The molecule has 0 amide bonds. The summed E-state index contributed by atoms with van der Waals surface area (Å²) in [7, 11) is 0. The largest absolute Gasteiger partial charge is 0.477 e. The average molecular weight is 523 g/mol. The number of hydrogen-bond donors (Lipinski definition) is 1. The zero-order valence-electron chi connectivity index (χ0n) is 12.2. The number of aromatic carboxylic acids is 1. The molecule has 0 atom stereocenters. The van der Waals surface area contributed by atoms with Gasteiger partial charge < -0.3 is 9.84 Å². The van der Waals surface area contributed by atoms with E-state index in [4.69, 9.17) is 9.84 Å². The van der Waals surface area contributed by atoms with Crippen LogP contribution in [0.3, 0.4) is 0 Å². The zero-order valence-corrected chi connectivity index (χ0v) is 14.5. The summed E-state index contributed by atoms with van der Waals surface area (Å²) in [6.07, 6.45) is 0. The Labute approximate surface area is 154 Å². The maximum Gasteiger partial charge on any atom is 0.354 e. The van der Waals surface area contributed by atoms with Gasteiger partial charge >= 0.3 is 5.97 Å². The fourth-order valence-electron chi connectivity index (χ4n) is 1.86. The maximum absolute atomic E-state index is 13.7. The third kappa shape index (κ3) is 4.42. The summed E-state index contributed by atoms with van der Waals surface area (Å²) in [5, 5.41) is 8.90. The van der Waals surface area contributed by atoms with Crippen molar-refractivity contribution in [2.24, 2.45) is 0 Å². The number of nitrogens with zero attached hydrogens (tertiary/aromatic N) is 3. The SMILES string of the molecule is O=C(O)c1cccc(Oc2cccc(-c3[c-]cc(F)nc3F)n2)n1.[Pt]. The van der Waals surface area contributed by atoms with Crippen molar-refractivity contribution in [1.29, 1.82) is 0 Å². The van der Waals surface area contributed by atoms with E-state index in [0.717, 1.165) is 6.07 Å². The van der Waals surface area contributed by atoms with Crippen molar-refractivity contribution < 1.29 is 44.5 Å². The number of carboxylic acid groups (broad SMARTS) is 1. The molecule has 0 aliphatic heterocycles. The van der Waals surface area contributed by atoms with Gasteiger partial charge in [-0.1, -0.05) is 29.8 Å². The van der Waals surface area contributed by atoms with E-state index in [1.807, 2.05) is 0 Å². The van der Waals surface area contributed by atoms with Crippen molar-refractivity contribution in [2.75, 3.05) is 0 Å².